The maximum atomic E-state index is 13.4. The molecule has 0 heterocycles. The van der Waals surface area contributed by atoms with Crippen LogP contribution in [0.1, 0.15) is 30.4 Å². The molecule has 170 valence electrons. The van der Waals surface area contributed by atoms with E-state index >= 15 is 0 Å². The number of carbonyl (C=O) groups is 3. The van der Waals surface area contributed by atoms with E-state index in [2.05, 4.69) is 5.32 Å². The van der Waals surface area contributed by atoms with Gasteiger partial charge in [-0.25, -0.2) is 8.78 Å². The lowest BCUT2D eigenvalue weighted by atomic mass is 9.87. The van der Waals surface area contributed by atoms with Crippen LogP contribution < -0.4 is 11.1 Å². The first-order chi connectivity index (χ1) is 15.1. The van der Waals surface area contributed by atoms with E-state index in [0.29, 0.717) is 5.56 Å². The molecule has 3 N–H and O–H groups in total. The summed E-state index contributed by atoms with van der Waals surface area (Å²) in [6.45, 7) is 1.67. The van der Waals surface area contributed by atoms with Gasteiger partial charge in [-0.1, -0.05) is 18.2 Å². The molecule has 0 aromatic heterocycles. The molecular formula is C21H21F2N3O6. The van der Waals surface area contributed by atoms with Crippen molar-refractivity contribution in [3.63, 3.8) is 0 Å². The van der Waals surface area contributed by atoms with Gasteiger partial charge in [0.15, 0.2) is 11.6 Å². The van der Waals surface area contributed by atoms with Crippen molar-refractivity contribution in [3.8, 4) is 0 Å². The van der Waals surface area contributed by atoms with E-state index in [-0.39, 0.29) is 30.7 Å². The molecule has 0 fully saturated rings. The third-order valence-electron chi connectivity index (χ3n) is 4.60. The van der Waals surface area contributed by atoms with Crippen molar-refractivity contribution in [2.24, 2.45) is 5.73 Å². The van der Waals surface area contributed by atoms with Crippen LogP contribution in [0.3, 0.4) is 0 Å². The van der Waals surface area contributed by atoms with Crippen LogP contribution in [0.25, 0.3) is 0 Å². The molecule has 32 heavy (non-hydrogen) atoms. The second-order valence-corrected chi connectivity index (χ2v) is 6.84. The van der Waals surface area contributed by atoms with Crippen molar-refractivity contribution >= 4 is 23.5 Å². The average molecular weight is 449 g/mol. The van der Waals surface area contributed by atoms with Crippen molar-refractivity contribution in [2.75, 3.05) is 6.61 Å². The summed E-state index contributed by atoms with van der Waals surface area (Å²) < 4.78 is 31.4. The number of nitro benzene ring substituents is 1. The fraction of sp³-hybridized carbons (Fsp3) is 0.286. The standard InChI is InChI=1S/C21H21F2N3O6/c1-2-32-19(28)11-15(13-4-6-14(7-5-13)26(30)31)20(21(24)29)25-18(27)10-12-3-8-16(22)17(23)9-12/h3-9,15,20H,2,10-11H2,1H3,(H2,24,29)(H,25,27)/t15-,20+/m1/s1. The van der Waals surface area contributed by atoms with E-state index in [1.807, 2.05) is 0 Å². The Morgan fingerprint density at radius 1 is 1.12 bits per heavy atom. The van der Waals surface area contributed by atoms with E-state index in [4.69, 9.17) is 10.5 Å². The molecule has 0 saturated carbocycles. The van der Waals surface area contributed by atoms with Crippen LogP contribution in [0, 0.1) is 21.7 Å². The number of halogens is 2. The third kappa shape index (κ3) is 6.56. The number of hydrogen-bond acceptors (Lipinski definition) is 6. The van der Waals surface area contributed by atoms with Crippen LogP contribution in [-0.2, 0) is 25.5 Å². The average Bonchev–Trinajstić information content (AvgIpc) is 2.73. The number of non-ortho nitro benzene ring substituents is 1. The normalized spacial score (nSPS) is 12.5. The number of nitrogens with two attached hydrogens (primary N) is 1. The largest absolute Gasteiger partial charge is 0.466 e. The molecule has 11 heteroatoms. The predicted molar refractivity (Wildman–Crippen MR) is 108 cm³/mol. The highest BCUT2D eigenvalue weighted by atomic mass is 19.2. The van der Waals surface area contributed by atoms with Crippen LogP contribution in [0.5, 0.6) is 0 Å². The number of rotatable bonds is 10. The summed E-state index contributed by atoms with van der Waals surface area (Å²) in [5, 5.41) is 13.3. The molecule has 0 bridgehead atoms. The van der Waals surface area contributed by atoms with Crippen molar-refractivity contribution in [1.82, 2.24) is 5.32 Å². The Bertz CT molecular complexity index is 1010. The Labute approximate surface area is 181 Å². The Morgan fingerprint density at radius 3 is 2.31 bits per heavy atom. The molecule has 2 atom stereocenters. The molecule has 0 unspecified atom stereocenters. The highest BCUT2D eigenvalue weighted by molar-refractivity contribution is 5.89. The second kappa shape index (κ2) is 10.9. The first kappa shape index (κ1) is 24.4. The Kier molecular flexibility index (Phi) is 8.33. The lowest BCUT2D eigenvalue weighted by Crippen LogP contribution is -2.49. The molecule has 2 amide bonds. The van der Waals surface area contributed by atoms with E-state index in [9.17, 15) is 33.3 Å². The third-order valence-corrected chi connectivity index (χ3v) is 4.60. The topological polar surface area (TPSA) is 142 Å². The van der Waals surface area contributed by atoms with Gasteiger partial charge in [-0.3, -0.25) is 24.5 Å². The molecular weight excluding hydrogens is 428 g/mol. The summed E-state index contributed by atoms with van der Waals surface area (Å²) >= 11 is 0. The molecule has 2 rings (SSSR count). The zero-order valence-corrected chi connectivity index (χ0v) is 17.0. The fourth-order valence-electron chi connectivity index (χ4n) is 3.10. The number of carbonyl (C=O) groups excluding carboxylic acids is 3. The molecule has 2 aromatic rings. The van der Waals surface area contributed by atoms with Gasteiger partial charge in [0.1, 0.15) is 6.04 Å². The van der Waals surface area contributed by atoms with Gasteiger partial charge in [0.2, 0.25) is 11.8 Å². The number of nitrogens with zero attached hydrogens (tertiary/aromatic N) is 1. The van der Waals surface area contributed by atoms with Crippen LogP contribution in [0.2, 0.25) is 0 Å². The minimum atomic E-state index is -1.38. The highest BCUT2D eigenvalue weighted by Gasteiger charge is 2.32. The smallest absolute Gasteiger partial charge is 0.306 e. The fourth-order valence-corrected chi connectivity index (χ4v) is 3.10. The summed E-state index contributed by atoms with van der Waals surface area (Å²) in [5.74, 6) is -5.55. The van der Waals surface area contributed by atoms with Gasteiger partial charge in [-0.2, -0.15) is 0 Å². The van der Waals surface area contributed by atoms with Gasteiger partial charge in [0.25, 0.3) is 5.69 Å². The van der Waals surface area contributed by atoms with Crippen molar-refractivity contribution < 1.29 is 32.8 Å². The second-order valence-electron chi connectivity index (χ2n) is 6.84. The lowest BCUT2D eigenvalue weighted by Gasteiger charge is -2.25. The molecule has 2 aromatic carbocycles. The van der Waals surface area contributed by atoms with Gasteiger partial charge in [-0.15, -0.1) is 0 Å². The van der Waals surface area contributed by atoms with E-state index in [1.54, 1.807) is 6.92 Å². The summed E-state index contributed by atoms with van der Waals surface area (Å²) in [4.78, 5) is 47.0. The Hall–Kier alpha value is -3.89. The predicted octanol–water partition coefficient (Wildman–Crippen LogP) is 2.12. The molecule has 0 aliphatic heterocycles. The van der Waals surface area contributed by atoms with Gasteiger partial charge in [0, 0.05) is 18.1 Å². The number of nitro groups is 1. The first-order valence-corrected chi connectivity index (χ1v) is 9.55. The van der Waals surface area contributed by atoms with Gasteiger partial charge in [0.05, 0.1) is 24.4 Å². The molecule has 0 aliphatic rings. The van der Waals surface area contributed by atoms with Crippen molar-refractivity contribution in [2.45, 2.75) is 31.7 Å². The van der Waals surface area contributed by atoms with Crippen molar-refractivity contribution in [3.05, 3.63) is 75.3 Å². The van der Waals surface area contributed by atoms with Gasteiger partial charge < -0.3 is 15.8 Å². The number of ether oxygens (including phenoxy) is 1. The number of amides is 2. The highest BCUT2D eigenvalue weighted by Crippen LogP contribution is 2.27. The van der Waals surface area contributed by atoms with E-state index in [0.717, 1.165) is 12.1 Å². The number of nitrogens with one attached hydrogen (secondary N) is 1. The van der Waals surface area contributed by atoms with Gasteiger partial charge >= 0.3 is 5.97 Å². The van der Waals surface area contributed by atoms with E-state index in [1.165, 1.54) is 30.3 Å². The molecule has 0 spiro atoms. The van der Waals surface area contributed by atoms with Crippen LogP contribution in [0.15, 0.2) is 42.5 Å². The van der Waals surface area contributed by atoms with E-state index < -0.39 is 46.3 Å². The summed E-state index contributed by atoms with van der Waals surface area (Å²) in [6.07, 6.45) is -0.724. The quantitative estimate of drug-likeness (QED) is 0.323. The zero-order chi connectivity index (χ0) is 23.8. The number of primary amides is 1. The van der Waals surface area contributed by atoms with Crippen LogP contribution in [-0.4, -0.2) is 35.4 Å². The van der Waals surface area contributed by atoms with Crippen LogP contribution in [0.4, 0.5) is 14.5 Å². The summed E-state index contributed by atoms with van der Waals surface area (Å²) in [7, 11) is 0. The molecule has 0 saturated heterocycles. The van der Waals surface area contributed by atoms with Gasteiger partial charge in [-0.05, 0) is 30.2 Å². The molecule has 0 aliphatic carbocycles. The zero-order valence-electron chi connectivity index (χ0n) is 17.0. The minimum Gasteiger partial charge on any atom is -0.466 e. The minimum absolute atomic E-state index is 0.0789. The van der Waals surface area contributed by atoms with Crippen molar-refractivity contribution in [1.29, 1.82) is 0 Å². The summed E-state index contributed by atoms with van der Waals surface area (Å²) in [6, 6.07) is 6.62. The number of hydrogen-bond donors (Lipinski definition) is 2. The number of esters is 1. The Balaban J connectivity index is 2.29. The maximum Gasteiger partial charge on any atom is 0.306 e. The SMILES string of the molecule is CCOC(=O)C[C@H](c1ccc([N+](=O)[O-])cc1)[C@H](NC(=O)Cc1ccc(F)c(F)c1)C(N)=O. The number of benzene rings is 2. The maximum absolute atomic E-state index is 13.4. The molecule has 9 nitrogen and oxygen atoms in total. The lowest BCUT2D eigenvalue weighted by molar-refractivity contribution is -0.384. The van der Waals surface area contributed by atoms with Crippen LogP contribution >= 0.6 is 0 Å². The Morgan fingerprint density at radius 2 is 1.78 bits per heavy atom. The monoisotopic (exact) mass is 449 g/mol. The molecule has 0 radical (unpaired) electrons. The summed E-state index contributed by atoms with van der Waals surface area (Å²) in [5.41, 5.74) is 5.75. The first-order valence-electron chi connectivity index (χ1n) is 9.55.